The van der Waals surface area contributed by atoms with Crippen LogP contribution in [-0.4, -0.2) is 23.2 Å². The molecule has 3 rings (SSSR count). The fraction of sp³-hybridized carbons (Fsp3) is 0.273. The molecular weight excluding hydrogens is 192 g/mol. The Morgan fingerprint density at radius 2 is 1.40 bits per heavy atom. The van der Waals surface area contributed by atoms with Gasteiger partial charge >= 0.3 is 0 Å². The van der Waals surface area contributed by atoms with Gasteiger partial charge in [-0.3, -0.25) is 9.97 Å². The van der Waals surface area contributed by atoms with Crippen molar-refractivity contribution in [2.75, 3.05) is 13.2 Å². The van der Waals surface area contributed by atoms with Crippen LogP contribution in [0.5, 0.6) is 11.5 Å². The van der Waals surface area contributed by atoms with Gasteiger partial charge in [0.25, 0.3) is 0 Å². The maximum absolute atomic E-state index is 5.56. The van der Waals surface area contributed by atoms with E-state index in [1.165, 1.54) is 0 Å². The third-order valence-corrected chi connectivity index (χ3v) is 2.34. The lowest BCUT2D eigenvalue weighted by atomic mass is 10.2. The Morgan fingerprint density at radius 3 is 1.93 bits per heavy atom. The quantitative estimate of drug-likeness (QED) is 0.653. The van der Waals surface area contributed by atoms with Crippen molar-refractivity contribution in [3.05, 3.63) is 24.5 Å². The molecule has 15 heavy (non-hydrogen) atoms. The minimum Gasteiger partial charge on any atom is -0.489 e. The fourth-order valence-electron chi connectivity index (χ4n) is 1.62. The Bertz CT molecular complexity index is 454. The summed E-state index contributed by atoms with van der Waals surface area (Å²) in [7, 11) is 0. The van der Waals surface area contributed by atoms with E-state index in [9.17, 15) is 0 Å². The molecule has 1 aliphatic rings. The zero-order valence-corrected chi connectivity index (χ0v) is 8.14. The van der Waals surface area contributed by atoms with Crippen molar-refractivity contribution in [2.45, 2.75) is 6.42 Å². The van der Waals surface area contributed by atoms with Crippen molar-refractivity contribution in [1.29, 1.82) is 0 Å². The van der Waals surface area contributed by atoms with Gasteiger partial charge in [-0.15, -0.1) is 0 Å². The third kappa shape index (κ3) is 1.48. The van der Waals surface area contributed by atoms with E-state index in [1.54, 1.807) is 12.4 Å². The third-order valence-electron chi connectivity index (χ3n) is 2.34. The SMILES string of the molecule is c1cnc2cc3c(cc2n1)OCCCO3. The molecule has 0 amide bonds. The molecule has 0 spiro atoms. The molecule has 2 heterocycles. The summed E-state index contributed by atoms with van der Waals surface area (Å²) in [5.74, 6) is 1.53. The van der Waals surface area contributed by atoms with E-state index in [4.69, 9.17) is 9.47 Å². The summed E-state index contributed by atoms with van der Waals surface area (Å²) < 4.78 is 11.1. The first kappa shape index (κ1) is 8.47. The Balaban J connectivity index is 2.20. The molecule has 0 aliphatic carbocycles. The smallest absolute Gasteiger partial charge is 0.163 e. The first-order valence-electron chi connectivity index (χ1n) is 4.94. The van der Waals surface area contributed by atoms with Gasteiger partial charge in [-0.25, -0.2) is 0 Å². The van der Waals surface area contributed by atoms with Gasteiger partial charge in [-0.2, -0.15) is 0 Å². The van der Waals surface area contributed by atoms with Gasteiger partial charge in [0.15, 0.2) is 11.5 Å². The molecule has 1 aromatic carbocycles. The number of benzene rings is 1. The molecule has 0 radical (unpaired) electrons. The molecule has 4 nitrogen and oxygen atoms in total. The highest BCUT2D eigenvalue weighted by atomic mass is 16.5. The molecule has 0 bridgehead atoms. The van der Waals surface area contributed by atoms with Crippen molar-refractivity contribution >= 4 is 11.0 Å². The van der Waals surface area contributed by atoms with Crippen molar-refractivity contribution in [3.63, 3.8) is 0 Å². The van der Waals surface area contributed by atoms with E-state index in [0.29, 0.717) is 13.2 Å². The van der Waals surface area contributed by atoms with E-state index in [0.717, 1.165) is 29.0 Å². The summed E-state index contributed by atoms with van der Waals surface area (Å²) >= 11 is 0. The van der Waals surface area contributed by atoms with E-state index < -0.39 is 0 Å². The van der Waals surface area contributed by atoms with Gasteiger partial charge in [0.1, 0.15) is 0 Å². The monoisotopic (exact) mass is 202 g/mol. The summed E-state index contributed by atoms with van der Waals surface area (Å²) in [5.41, 5.74) is 1.67. The standard InChI is InChI=1S/C11H10N2O2/c1-4-14-10-6-8-9(13-3-2-12-8)7-11(10)15-5-1/h2-3,6-7H,1,4-5H2. The Morgan fingerprint density at radius 1 is 0.867 bits per heavy atom. The summed E-state index contributed by atoms with van der Waals surface area (Å²) in [6.45, 7) is 1.39. The minimum atomic E-state index is 0.693. The number of ether oxygens (including phenoxy) is 2. The first-order chi connectivity index (χ1) is 7.43. The highest BCUT2D eigenvalue weighted by molar-refractivity contribution is 5.78. The first-order valence-corrected chi connectivity index (χ1v) is 4.94. The van der Waals surface area contributed by atoms with Crippen LogP contribution >= 0.6 is 0 Å². The van der Waals surface area contributed by atoms with Crippen LogP contribution in [0.4, 0.5) is 0 Å². The van der Waals surface area contributed by atoms with Crippen molar-refractivity contribution < 1.29 is 9.47 Å². The highest BCUT2D eigenvalue weighted by Gasteiger charge is 2.11. The molecule has 1 aliphatic heterocycles. The van der Waals surface area contributed by atoms with E-state index >= 15 is 0 Å². The molecule has 0 unspecified atom stereocenters. The number of aromatic nitrogens is 2. The van der Waals surface area contributed by atoms with Crippen LogP contribution in [0, 0.1) is 0 Å². The zero-order chi connectivity index (χ0) is 10.1. The summed E-state index contributed by atoms with van der Waals surface area (Å²) in [6, 6.07) is 3.76. The normalized spacial score (nSPS) is 14.9. The second-order valence-corrected chi connectivity index (χ2v) is 3.39. The predicted octanol–water partition coefficient (Wildman–Crippen LogP) is 1.79. The maximum atomic E-state index is 5.56. The van der Waals surface area contributed by atoms with Crippen LogP contribution in [0.2, 0.25) is 0 Å². The van der Waals surface area contributed by atoms with Crippen LogP contribution in [0.3, 0.4) is 0 Å². The summed E-state index contributed by atoms with van der Waals surface area (Å²) in [5, 5.41) is 0. The van der Waals surface area contributed by atoms with E-state index in [1.807, 2.05) is 12.1 Å². The van der Waals surface area contributed by atoms with Gasteiger partial charge in [0.2, 0.25) is 0 Å². The Hall–Kier alpha value is -1.84. The minimum absolute atomic E-state index is 0.693. The van der Waals surface area contributed by atoms with Gasteiger partial charge in [-0.1, -0.05) is 0 Å². The average molecular weight is 202 g/mol. The molecule has 0 fully saturated rings. The molecule has 0 saturated heterocycles. The lowest BCUT2D eigenvalue weighted by Gasteiger charge is -2.07. The maximum Gasteiger partial charge on any atom is 0.163 e. The fourth-order valence-corrected chi connectivity index (χ4v) is 1.62. The molecule has 0 atom stereocenters. The largest absolute Gasteiger partial charge is 0.489 e. The number of fused-ring (bicyclic) bond motifs is 2. The summed E-state index contributed by atoms with van der Waals surface area (Å²) in [4.78, 5) is 8.44. The van der Waals surface area contributed by atoms with Crippen LogP contribution in [0.15, 0.2) is 24.5 Å². The molecule has 4 heteroatoms. The molecule has 1 aromatic heterocycles. The zero-order valence-electron chi connectivity index (χ0n) is 8.14. The van der Waals surface area contributed by atoms with E-state index in [-0.39, 0.29) is 0 Å². The van der Waals surface area contributed by atoms with Crippen molar-refractivity contribution in [3.8, 4) is 11.5 Å². The molecule has 0 N–H and O–H groups in total. The average Bonchev–Trinajstić information content (AvgIpc) is 2.50. The van der Waals surface area contributed by atoms with Gasteiger partial charge in [0.05, 0.1) is 24.2 Å². The van der Waals surface area contributed by atoms with Gasteiger partial charge in [0, 0.05) is 30.9 Å². The predicted molar refractivity (Wildman–Crippen MR) is 55.1 cm³/mol. The Labute approximate surface area is 86.9 Å². The van der Waals surface area contributed by atoms with Crippen molar-refractivity contribution in [1.82, 2.24) is 9.97 Å². The molecule has 2 aromatic rings. The van der Waals surface area contributed by atoms with Crippen LogP contribution in [0.25, 0.3) is 11.0 Å². The second kappa shape index (κ2) is 3.38. The lowest BCUT2D eigenvalue weighted by Crippen LogP contribution is -1.97. The molecule has 76 valence electrons. The highest BCUT2D eigenvalue weighted by Crippen LogP contribution is 2.32. The number of nitrogens with zero attached hydrogens (tertiary/aromatic N) is 2. The Kier molecular flexibility index (Phi) is 1.91. The molecule has 0 saturated carbocycles. The van der Waals surface area contributed by atoms with Crippen molar-refractivity contribution in [2.24, 2.45) is 0 Å². The van der Waals surface area contributed by atoms with Gasteiger partial charge < -0.3 is 9.47 Å². The van der Waals surface area contributed by atoms with Gasteiger partial charge in [-0.05, 0) is 0 Å². The number of rotatable bonds is 0. The second-order valence-electron chi connectivity index (χ2n) is 3.39. The van der Waals surface area contributed by atoms with Crippen LogP contribution < -0.4 is 9.47 Å². The topological polar surface area (TPSA) is 44.2 Å². The number of hydrogen-bond acceptors (Lipinski definition) is 4. The number of hydrogen-bond donors (Lipinski definition) is 0. The molecular formula is C11H10N2O2. The summed E-state index contributed by atoms with van der Waals surface area (Å²) in [6.07, 6.45) is 4.25. The van der Waals surface area contributed by atoms with Crippen LogP contribution in [0.1, 0.15) is 6.42 Å². The van der Waals surface area contributed by atoms with Crippen LogP contribution in [-0.2, 0) is 0 Å². The van der Waals surface area contributed by atoms with E-state index in [2.05, 4.69) is 9.97 Å². The lowest BCUT2D eigenvalue weighted by molar-refractivity contribution is 0.297.